The predicted molar refractivity (Wildman–Crippen MR) is 89.9 cm³/mol. The average Bonchev–Trinajstić information content (AvgIpc) is 2.53. The summed E-state index contributed by atoms with van der Waals surface area (Å²) in [5.41, 5.74) is 6.49. The fourth-order valence-electron chi connectivity index (χ4n) is 3.13. The molecule has 1 atom stereocenters. The van der Waals surface area contributed by atoms with Crippen LogP contribution in [0.15, 0.2) is 18.3 Å². The van der Waals surface area contributed by atoms with Crippen LogP contribution in [0.25, 0.3) is 0 Å². The molecule has 1 fully saturated rings. The number of rotatable bonds is 6. The van der Waals surface area contributed by atoms with Gasteiger partial charge < -0.3 is 16.4 Å². The van der Waals surface area contributed by atoms with Gasteiger partial charge in [0.2, 0.25) is 0 Å². The second-order valence-corrected chi connectivity index (χ2v) is 6.41. The minimum atomic E-state index is -0.0859. The van der Waals surface area contributed by atoms with Crippen LogP contribution in [0.2, 0.25) is 0 Å². The van der Waals surface area contributed by atoms with E-state index < -0.39 is 0 Å². The Morgan fingerprint density at radius 3 is 2.73 bits per heavy atom. The smallest absolute Gasteiger partial charge is 0.255 e. The van der Waals surface area contributed by atoms with Crippen molar-refractivity contribution < 1.29 is 4.79 Å². The van der Waals surface area contributed by atoms with Gasteiger partial charge in [0.1, 0.15) is 5.82 Å². The topological polar surface area (TPSA) is 80.0 Å². The Hall–Kier alpha value is -1.62. The molecule has 0 spiro atoms. The standard InChI is InChI=1S/C17H28N4O/c1-12(2)20-16-14(9-6-10-19-16)17(22)21-15(11-18)13-7-4-3-5-8-13/h6,9-10,12-13,15H,3-5,7-8,11,18H2,1-2H3,(H,19,20)(H,21,22). The first-order valence-electron chi connectivity index (χ1n) is 8.34. The molecule has 5 nitrogen and oxygen atoms in total. The number of hydrogen-bond donors (Lipinski definition) is 3. The van der Waals surface area contributed by atoms with Gasteiger partial charge in [-0.2, -0.15) is 0 Å². The van der Waals surface area contributed by atoms with E-state index in [-0.39, 0.29) is 18.0 Å². The molecule has 122 valence electrons. The van der Waals surface area contributed by atoms with Crippen LogP contribution >= 0.6 is 0 Å². The average molecular weight is 304 g/mol. The molecule has 1 aliphatic carbocycles. The molecule has 0 aromatic carbocycles. The van der Waals surface area contributed by atoms with Gasteiger partial charge in [-0.15, -0.1) is 0 Å². The molecular formula is C17H28N4O. The first kappa shape index (κ1) is 16.7. The van der Waals surface area contributed by atoms with Crippen LogP contribution in [0.1, 0.15) is 56.3 Å². The molecule has 1 amide bonds. The Morgan fingerprint density at radius 2 is 2.09 bits per heavy atom. The second-order valence-electron chi connectivity index (χ2n) is 6.41. The Bertz CT molecular complexity index is 483. The maximum Gasteiger partial charge on any atom is 0.255 e. The highest BCUT2D eigenvalue weighted by molar-refractivity contribution is 5.98. The van der Waals surface area contributed by atoms with E-state index in [1.807, 2.05) is 19.9 Å². The molecule has 1 aromatic rings. The Morgan fingerprint density at radius 1 is 1.36 bits per heavy atom. The molecule has 1 aromatic heterocycles. The van der Waals surface area contributed by atoms with Gasteiger partial charge in [0.15, 0.2) is 0 Å². The van der Waals surface area contributed by atoms with Gasteiger partial charge >= 0.3 is 0 Å². The first-order valence-corrected chi connectivity index (χ1v) is 8.34. The van der Waals surface area contributed by atoms with Gasteiger partial charge in [-0.25, -0.2) is 4.98 Å². The lowest BCUT2D eigenvalue weighted by Crippen LogP contribution is -2.46. The Balaban J connectivity index is 2.07. The van der Waals surface area contributed by atoms with E-state index in [2.05, 4.69) is 15.6 Å². The van der Waals surface area contributed by atoms with Crippen LogP contribution in [0.3, 0.4) is 0 Å². The number of nitrogens with zero attached hydrogens (tertiary/aromatic N) is 1. The van der Waals surface area contributed by atoms with Crippen molar-refractivity contribution in [3.63, 3.8) is 0 Å². The number of hydrogen-bond acceptors (Lipinski definition) is 4. The van der Waals surface area contributed by atoms with Crippen LogP contribution < -0.4 is 16.4 Å². The summed E-state index contributed by atoms with van der Waals surface area (Å²) in [7, 11) is 0. The third-order valence-electron chi connectivity index (χ3n) is 4.27. The fourth-order valence-corrected chi connectivity index (χ4v) is 3.13. The quantitative estimate of drug-likeness (QED) is 0.754. The van der Waals surface area contributed by atoms with Crippen LogP contribution in [-0.4, -0.2) is 29.5 Å². The zero-order valence-corrected chi connectivity index (χ0v) is 13.6. The summed E-state index contributed by atoms with van der Waals surface area (Å²) in [5.74, 6) is 1.05. The van der Waals surface area contributed by atoms with E-state index in [0.717, 1.165) is 12.8 Å². The van der Waals surface area contributed by atoms with E-state index in [1.165, 1.54) is 19.3 Å². The maximum absolute atomic E-state index is 12.6. The number of pyridine rings is 1. The zero-order chi connectivity index (χ0) is 15.9. The number of aromatic nitrogens is 1. The van der Waals surface area contributed by atoms with Crippen molar-refractivity contribution in [2.45, 2.75) is 58.0 Å². The third-order valence-corrected chi connectivity index (χ3v) is 4.27. The summed E-state index contributed by atoms with van der Waals surface area (Å²) < 4.78 is 0. The molecule has 0 aliphatic heterocycles. The lowest BCUT2D eigenvalue weighted by atomic mass is 9.84. The van der Waals surface area contributed by atoms with Gasteiger partial charge in [-0.05, 0) is 44.7 Å². The highest BCUT2D eigenvalue weighted by atomic mass is 16.1. The Labute approximate surface area is 133 Å². The van der Waals surface area contributed by atoms with Crippen molar-refractivity contribution in [2.75, 3.05) is 11.9 Å². The summed E-state index contributed by atoms with van der Waals surface area (Å²) in [6.45, 7) is 4.55. The fraction of sp³-hybridized carbons (Fsp3) is 0.647. The summed E-state index contributed by atoms with van der Waals surface area (Å²) in [5, 5.41) is 6.34. The van der Waals surface area contributed by atoms with Gasteiger partial charge in [0, 0.05) is 24.8 Å². The van der Waals surface area contributed by atoms with E-state index in [4.69, 9.17) is 5.73 Å². The minimum Gasteiger partial charge on any atom is -0.367 e. The van der Waals surface area contributed by atoms with Gasteiger partial charge in [0.05, 0.1) is 5.56 Å². The number of carbonyl (C=O) groups is 1. The van der Waals surface area contributed by atoms with Crippen LogP contribution in [0.5, 0.6) is 0 Å². The maximum atomic E-state index is 12.6. The van der Waals surface area contributed by atoms with Crippen molar-refractivity contribution in [3.8, 4) is 0 Å². The number of anilines is 1. The highest BCUT2D eigenvalue weighted by Crippen LogP contribution is 2.26. The molecule has 1 unspecified atom stereocenters. The van der Waals surface area contributed by atoms with Crippen molar-refractivity contribution >= 4 is 11.7 Å². The lowest BCUT2D eigenvalue weighted by molar-refractivity contribution is 0.0916. The minimum absolute atomic E-state index is 0.0555. The number of carbonyl (C=O) groups excluding carboxylic acids is 1. The molecular weight excluding hydrogens is 276 g/mol. The van der Waals surface area contributed by atoms with Crippen molar-refractivity contribution in [2.24, 2.45) is 11.7 Å². The van der Waals surface area contributed by atoms with Gasteiger partial charge in [0.25, 0.3) is 5.91 Å². The van der Waals surface area contributed by atoms with Crippen LogP contribution in [0, 0.1) is 5.92 Å². The number of nitrogens with one attached hydrogen (secondary N) is 2. The Kier molecular flexibility index (Phi) is 6.19. The molecule has 1 saturated carbocycles. The molecule has 0 bridgehead atoms. The van der Waals surface area contributed by atoms with Crippen molar-refractivity contribution in [1.82, 2.24) is 10.3 Å². The van der Waals surface area contributed by atoms with Crippen molar-refractivity contribution in [1.29, 1.82) is 0 Å². The third kappa shape index (κ3) is 4.44. The molecule has 4 N–H and O–H groups in total. The summed E-state index contributed by atoms with van der Waals surface area (Å²) in [4.78, 5) is 16.9. The molecule has 22 heavy (non-hydrogen) atoms. The summed E-state index contributed by atoms with van der Waals surface area (Å²) in [6, 6.07) is 3.88. The van der Waals surface area contributed by atoms with Crippen molar-refractivity contribution in [3.05, 3.63) is 23.9 Å². The normalized spacial score (nSPS) is 17.3. The van der Waals surface area contributed by atoms with Crippen LogP contribution in [-0.2, 0) is 0 Å². The van der Waals surface area contributed by atoms with E-state index >= 15 is 0 Å². The largest absolute Gasteiger partial charge is 0.367 e. The molecule has 1 aliphatic rings. The van der Waals surface area contributed by atoms with E-state index in [1.54, 1.807) is 12.3 Å². The van der Waals surface area contributed by atoms with Gasteiger partial charge in [-0.3, -0.25) is 4.79 Å². The number of nitrogens with two attached hydrogens (primary N) is 1. The summed E-state index contributed by atoms with van der Waals surface area (Å²) >= 11 is 0. The molecule has 1 heterocycles. The summed E-state index contributed by atoms with van der Waals surface area (Å²) in [6.07, 6.45) is 7.79. The highest BCUT2D eigenvalue weighted by Gasteiger charge is 2.25. The number of amides is 1. The molecule has 5 heteroatoms. The second kappa shape index (κ2) is 8.13. The SMILES string of the molecule is CC(C)Nc1ncccc1C(=O)NC(CN)C1CCCCC1. The monoisotopic (exact) mass is 304 g/mol. The van der Waals surface area contributed by atoms with Crippen LogP contribution in [0.4, 0.5) is 5.82 Å². The molecule has 0 radical (unpaired) electrons. The lowest BCUT2D eigenvalue weighted by Gasteiger charge is -2.30. The molecule has 2 rings (SSSR count). The van der Waals surface area contributed by atoms with Gasteiger partial charge in [-0.1, -0.05) is 19.3 Å². The first-order chi connectivity index (χ1) is 10.6. The zero-order valence-electron chi connectivity index (χ0n) is 13.6. The van der Waals surface area contributed by atoms with E-state index in [9.17, 15) is 4.79 Å². The molecule has 0 saturated heterocycles. The predicted octanol–water partition coefficient (Wildman–Crippen LogP) is 2.54. The van der Waals surface area contributed by atoms with E-state index in [0.29, 0.717) is 23.8 Å².